The Morgan fingerprint density at radius 1 is 1.21 bits per heavy atom. The highest BCUT2D eigenvalue weighted by molar-refractivity contribution is 6.36. The van der Waals surface area contributed by atoms with E-state index in [2.05, 4.69) is 5.32 Å². The highest BCUT2D eigenvalue weighted by Gasteiger charge is 2.36. The Labute approximate surface area is 148 Å². The number of amides is 2. The fraction of sp³-hybridized carbons (Fsp3) is 0.176. The van der Waals surface area contributed by atoms with Crippen molar-refractivity contribution in [1.82, 2.24) is 0 Å². The predicted molar refractivity (Wildman–Crippen MR) is 92.0 cm³/mol. The van der Waals surface area contributed by atoms with Gasteiger partial charge in [-0.3, -0.25) is 9.59 Å². The maximum Gasteiger partial charge on any atom is 0.229 e. The zero-order valence-corrected chi connectivity index (χ0v) is 13.9. The molecule has 7 heteroatoms. The Kier molecular flexibility index (Phi) is 4.73. The second kappa shape index (κ2) is 6.79. The first-order valence-corrected chi connectivity index (χ1v) is 8.02. The molecular weight excluding hydrogens is 354 g/mol. The van der Waals surface area contributed by atoms with E-state index in [0.717, 1.165) is 0 Å². The number of carbonyl (C=O) groups is 2. The molecule has 2 aromatic carbocycles. The third-order valence-corrected chi connectivity index (χ3v) is 4.38. The van der Waals surface area contributed by atoms with Crippen LogP contribution in [-0.2, 0) is 9.59 Å². The first-order valence-electron chi connectivity index (χ1n) is 7.26. The second-order valence-corrected chi connectivity index (χ2v) is 6.31. The molecule has 1 atom stereocenters. The summed E-state index contributed by atoms with van der Waals surface area (Å²) in [5.41, 5.74) is 0.560. The van der Waals surface area contributed by atoms with Crippen LogP contribution in [0, 0.1) is 11.7 Å². The van der Waals surface area contributed by atoms with Gasteiger partial charge in [-0.05, 0) is 30.3 Å². The largest absolute Gasteiger partial charge is 0.323 e. The summed E-state index contributed by atoms with van der Waals surface area (Å²) in [6.07, 6.45) is 0.0309. The van der Waals surface area contributed by atoms with Crippen LogP contribution >= 0.6 is 23.2 Å². The van der Waals surface area contributed by atoms with Crippen LogP contribution in [0.1, 0.15) is 6.42 Å². The molecule has 1 saturated heterocycles. The molecule has 1 aliphatic rings. The normalized spacial score (nSPS) is 17.2. The summed E-state index contributed by atoms with van der Waals surface area (Å²) in [5.74, 6) is -1.75. The lowest BCUT2D eigenvalue weighted by molar-refractivity contribution is -0.122. The summed E-state index contributed by atoms with van der Waals surface area (Å²) in [7, 11) is 0. The third kappa shape index (κ3) is 3.37. The molecule has 0 aromatic heterocycles. The lowest BCUT2D eigenvalue weighted by atomic mass is 10.1. The van der Waals surface area contributed by atoms with Crippen molar-refractivity contribution in [3.05, 3.63) is 58.3 Å². The van der Waals surface area contributed by atoms with E-state index in [4.69, 9.17) is 23.2 Å². The number of benzene rings is 2. The van der Waals surface area contributed by atoms with Gasteiger partial charge in [-0.1, -0.05) is 35.3 Å². The molecule has 0 aliphatic carbocycles. The van der Waals surface area contributed by atoms with Crippen LogP contribution in [0.15, 0.2) is 42.5 Å². The number of halogens is 3. The van der Waals surface area contributed by atoms with E-state index in [1.54, 1.807) is 24.3 Å². The SMILES string of the molecule is O=C(Nc1ccccc1F)C1CC(=O)N(c2cc(Cl)ccc2Cl)C1. The summed E-state index contributed by atoms with van der Waals surface area (Å²) in [6, 6.07) is 10.7. The van der Waals surface area contributed by atoms with E-state index in [1.165, 1.54) is 23.1 Å². The van der Waals surface area contributed by atoms with Gasteiger partial charge in [-0.25, -0.2) is 4.39 Å². The molecule has 4 nitrogen and oxygen atoms in total. The molecule has 0 saturated carbocycles. The minimum Gasteiger partial charge on any atom is -0.323 e. The minimum absolute atomic E-state index is 0.0309. The summed E-state index contributed by atoms with van der Waals surface area (Å²) in [4.78, 5) is 26.0. The third-order valence-electron chi connectivity index (χ3n) is 3.83. The molecule has 24 heavy (non-hydrogen) atoms. The van der Waals surface area contributed by atoms with Gasteiger partial charge in [0.25, 0.3) is 0 Å². The van der Waals surface area contributed by atoms with Crippen molar-refractivity contribution in [1.29, 1.82) is 0 Å². The van der Waals surface area contributed by atoms with Crippen molar-refractivity contribution in [3.8, 4) is 0 Å². The number of nitrogens with one attached hydrogen (secondary N) is 1. The summed E-state index contributed by atoms with van der Waals surface area (Å²) in [6.45, 7) is 0.166. The monoisotopic (exact) mass is 366 g/mol. The van der Waals surface area contributed by atoms with Gasteiger partial charge in [-0.2, -0.15) is 0 Å². The van der Waals surface area contributed by atoms with Crippen LogP contribution < -0.4 is 10.2 Å². The fourth-order valence-electron chi connectivity index (χ4n) is 2.61. The molecule has 0 radical (unpaired) electrons. The van der Waals surface area contributed by atoms with Gasteiger partial charge in [0.05, 0.1) is 22.3 Å². The number of nitrogens with zero attached hydrogens (tertiary/aromatic N) is 1. The maximum atomic E-state index is 13.6. The van der Waals surface area contributed by atoms with Gasteiger partial charge in [0.2, 0.25) is 11.8 Å². The number of para-hydroxylation sites is 1. The molecular formula is C17H13Cl2FN2O2. The van der Waals surface area contributed by atoms with Gasteiger partial charge < -0.3 is 10.2 Å². The Balaban J connectivity index is 1.76. The first-order chi connectivity index (χ1) is 11.5. The highest BCUT2D eigenvalue weighted by atomic mass is 35.5. The molecule has 1 heterocycles. The van der Waals surface area contributed by atoms with Crippen LogP contribution in [0.3, 0.4) is 0 Å². The van der Waals surface area contributed by atoms with E-state index in [0.29, 0.717) is 15.7 Å². The molecule has 2 amide bonds. The first kappa shape index (κ1) is 16.7. The average Bonchev–Trinajstić information content (AvgIpc) is 2.94. The maximum absolute atomic E-state index is 13.6. The Morgan fingerprint density at radius 2 is 1.96 bits per heavy atom. The number of rotatable bonds is 3. The van der Waals surface area contributed by atoms with E-state index >= 15 is 0 Å². The topological polar surface area (TPSA) is 49.4 Å². The average molecular weight is 367 g/mol. The summed E-state index contributed by atoms with van der Waals surface area (Å²) >= 11 is 12.1. The Bertz CT molecular complexity index is 813. The molecule has 1 aliphatic heterocycles. The molecule has 0 spiro atoms. The number of hydrogen-bond acceptors (Lipinski definition) is 2. The van der Waals surface area contributed by atoms with Crippen molar-refractivity contribution in [3.63, 3.8) is 0 Å². The summed E-state index contributed by atoms with van der Waals surface area (Å²) < 4.78 is 13.6. The second-order valence-electron chi connectivity index (χ2n) is 5.47. The molecule has 1 fully saturated rings. The highest BCUT2D eigenvalue weighted by Crippen LogP contribution is 2.33. The fourth-order valence-corrected chi connectivity index (χ4v) is 2.99. The van der Waals surface area contributed by atoms with E-state index in [-0.39, 0.29) is 24.6 Å². The summed E-state index contributed by atoms with van der Waals surface area (Å²) in [5, 5.41) is 3.34. The molecule has 124 valence electrons. The van der Waals surface area contributed by atoms with Gasteiger partial charge in [-0.15, -0.1) is 0 Å². The van der Waals surface area contributed by atoms with Crippen LogP contribution in [-0.4, -0.2) is 18.4 Å². The van der Waals surface area contributed by atoms with Crippen molar-refractivity contribution in [2.45, 2.75) is 6.42 Å². The van der Waals surface area contributed by atoms with Crippen molar-refractivity contribution < 1.29 is 14.0 Å². The van der Waals surface area contributed by atoms with E-state index in [1.807, 2.05) is 0 Å². The molecule has 3 rings (SSSR count). The lowest BCUT2D eigenvalue weighted by Gasteiger charge is -2.18. The van der Waals surface area contributed by atoms with Gasteiger partial charge >= 0.3 is 0 Å². The van der Waals surface area contributed by atoms with Crippen LogP contribution in [0.4, 0.5) is 15.8 Å². The van der Waals surface area contributed by atoms with Gasteiger partial charge in [0.15, 0.2) is 0 Å². The molecule has 2 aromatic rings. The molecule has 0 bridgehead atoms. The van der Waals surface area contributed by atoms with Crippen LogP contribution in [0.2, 0.25) is 10.0 Å². The van der Waals surface area contributed by atoms with Crippen molar-refractivity contribution in [2.75, 3.05) is 16.8 Å². The van der Waals surface area contributed by atoms with Crippen LogP contribution in [0.25, 0.3) is 0 Å². The quantitative estimate of drug-likeness (QED) is 0.887. The number of hydrogen-bond donors (Lipinski definition) is 1. The smallest absolute Gasteiger partial charge is 0.229 e. The predicted octanol–water partition coefficient (Wildman–Crippen LogP) is 4.12. The molecule has 1 unspecified atom stereocenters. The van der Waals surface area contributed by atoms with Gasteiger partial charge in [0.1, 0.15) is 5.82 Å². The van der Waals surface area contributed by atoms with E-state index in [9.17, 15) is 14.0 Å². The van der Waals surface area contributed by atoms with Crippen molar-refractivity contribution >= 4 is 46.4 Å². The van der Waals surface area contributed by atoms with E-state index < -0.39 is 17.6 Å². The lowest BCUT2D eigenvalue weighted by Crippen LogP contribution is -2.28. The Morgan fingerprint density at radius 3 is 2.71 bits per heavy atom. The zero-order chi connectivity index (χ0) is 17.3. The molecule has 1 N–H and O–H groups in total. The zero-order valence-electron chi connectivity index (χ0n) is 12.4. The van der Waals surface area contributed by atoms with Crippen molar-refractivity contribution in [2.24, 2.45) is 5.92 Å². The van der Waals surface area contributed by atoms with Crippen LogP contribution in [0.5, 0.6) is 0 Å². The Hall–Kier alpha value is -2.11. The standard InChI is InChI=1S/C17H13Cl2FN2O2/c18-11-5-6-12(19)15(8-11)22-9-10(7-16(22)23)17(24)21-14-4-2-1-3-13(14)20/h1-6,8,10H,7,9H2,(H,21,24). The number of anilines is 2. The minimum atomic E-state index is -0.591. The number of carbonyl (C=O) groups excluding carboxylic acids is 2. The van der Waals surface area contributed by atoms with Gasteiger partial charge in [0, 0.05) is 18.0 Å².